The Morgan fingerprint density at radius 1 is 1.25 bits per heavy atom. The summed E-state index contributed by atoms with van der Waals surface area (Å²) >= 11 is 11.9. The number of hydrogen-bond donors (Lipinski definition) is 1. The molecule has 0 aliphatic carbocycles. The fourth-order valence-electron chi connectivity index (χ4n) is 2.10. The van der Waals surface area contributed by atoms with Crippen LogP contribution in [0, 0.1) is 11.3 Å². The van der Waals surface area contributed by atoms with Crippen LogP contribution in [0.1, 0.15) is 20.3 Å². The van der Waals surface area contributed by atoms with Crippen LogP contribution >= 0.6 is 23.2 Å². The van der Waals surface area contributed by atoms with Crippen LogP contribution in [0.25, 0.3) is 0 Å². The van der Waals surface area contributed by atoms with E-state index in [-0.39, 0.29) is 11.9 Å². The Bertz CT molecular complexity index is 525. The van der Waals surface area contributed by atoms with E-state index in [9.17, 15) is 4.79 Å². The third-order valence-electron chi connectivity index (χ3n) is 3.15. The second-order valence-corrected chi connectivity index (χ2v) is 6.17. The lowest BCUT2D eigenvalue weighted by molar-refractivity contribution is 0.218. The standard InChI is InChI=1S/C14H17Cl2N3O/c1-9(2)3-4-18-8-13(17)19(14(18)20)12-6-10(15)5-11(16)7-12/h5-7,9,17H,3-4,8H2,1-2H3. The lowest BCUT2D eigenvalue weighted by Crippen LogP contribution is -2.33. The number of amides is 2. The van der Waals surface area contributed by atoms with Gasteiger partial charge in [0.1, 0.15) is 5.84 Å². The van der Waals surface area contributed by atoms with Crippen molar-refractivity contribution in [2.45, 2.75) is 20.3 Å². The highest BCUT2D eigenvalue weighted by atomic mass is 35.5. The minimum absolute atomic E-state index is 0.186. The van der Waals surface area contributed by atoms with Gasteiger partial charge in [0.05, 0.1) is 12.2 Å². The molecular formula is C14H17Cl2N3O. The molecular weight excluding hydrogens is 297 g/mol. The van der Waals surface area contributed by atoms with Crippen LogP contribution in [0.15, 0.2) is 18.2 Å². The molecule has 1 saturated heterocycles. The van der Waals surface area contributed by atoms with Gasteiger partial charge in [-0.15, -0.1) is 0 Å². The van der Waals surface area contributed by atoms with E-state index in [2.05, 4.69) is 13.8 Å². The molecule has 1 aromatic rings. The molecule has 0 spiro atoms. The Kier molecular flexibility index (Phi) is 4.55. The molecule has 1 aliphatic heterocycles. The molecule has 0 saturated carbocycles. The number of rotatable bonds is 4. The predicted octanol–water partition coefficient (Wildman–Crippen LogP) is 4.26. The number of amidine groups is 1. The van der Waals surface area contributed by atoms with E-state index in [0.29, 0.717) is 34.7 Å². The summed E-state index contributed by atoms with van der Waals surface area (Å²) in [5.41, 5.74) is 0.546. The first-order valence-corrected chi connectivity index (χ1v) is 7.26. The van der Waals surface area contributed by atoms with Gasteiger partial charge in [-0.1, -0.05) is 37.0 Å². The number of carbonyl (C=O) groups is 1. The molecule has 20 heavy (non-hydrogen) atoms. The quantitative estimate of drug-likeness (QED) is 0.887. The Morgan fingerprint density at radius 2 is 1.85 bits per heavy atom. The number of carbonyl (C=O) groups excluding carboxylic acids is 1. The summed E-state index contributed by atoms with van der Waals surface area (Å²) in [5, 5.41) is 8.91. The Morgan fingerprint density at radius 3 is 2.40 bits per heavy atom. The normalized spacial score (nSPS) is 15.7. The number of nitrogens with one attached hydrogen (secondary N) is 1. The van der Waals surface area contributed by atoms with Gasteiger partial charge in [0.15, 0.2) is 0 Å². The van der Waals surface area contributed by atoms with Gasteiger partial charge in [-0.2, -0.15) is 0 Å². The maximum atomic E-state index is 12.4. The van der Waals surface area contributed by atoms with Crippen molar-refractivity contribution in [3.8, 4) is 0 Å². The molecule has 1 N–H and O–H groups in total. The van der Waals surface area contributed by atoms with Gasteiger partial charge in [-0.05, 0) is 30.5 Å². The first kappa shape index (κ1) is 15.1. The van der Waals surface area contributed by atoms with Crippen molar-refractivity contribution in [1.29, 1.82) is 5.41 Å². The van der Waals surface area contributed by atoms with Crippen LogP contribution in [0.2, 0.25) is 10.0 Å². The molecule has 1 aliphatic rings. The molecule has 2 rings (SSSR count). The fraction of sp³-hybridized carbons (Fsp3) is 0.429. The first-order valence-electron chi connectivity index (χ1n) is 6.51. The molecule has 0 bridgehead atoms. The van der Waals surface area contributed by atoms with Crippen molar-refractivity contribution < 1.29 is 4.79 Å². The lowest BCUT2D eigenvalue weighted by Gasteiger charge is -2.19. The second-order valence-electron chi connectivity index (χ2n) is 5.30. The highest BCUT2D eigenvalue weighted by Gasteiger charge is 2.34. The summed E-state index contributed by atoms with van der Waals surface area (Å²) < 4.78 is 0. The van der Waals surface area contributed by atoms with Gasteiger partial charge in [-0.3, -0.25) is 5.41 Å². The molecule has 0 unspecified atom stereocenters. The van der Waals surface area contributed by atoms with Gasteiger partial charge >= 0.3 is 6.03 Å². The SMILES string of the molecule is CC(C)CCN1CC(=N)N(c2cc(Cl)cc(Cl)c2)C1=O. The summed E-state index contributed by atoms with van der Waals surface area (Å²) in [5.74, 6) is 0.767. The monoisotopic (exact) mass is 313 g/mol. The van der Waals surface area contributed by atoms with E-state index in [1.807, 2.05) is 0 Å². The van der Waals surface area contributed by atoms with E-state index in [0.717, 1.165) is 6.42 Å². The van der Waals surface area contributed by atoms with Crippen molar-refractivity contribution in [3.63, 3.8) is 0 Å². The average molecular weight is 314 g/mol. The third-order valence-corrected chi connectivity index (χ3v) is 3.59. The topological polar surface area (TPSA) is 47.4 Å². The lowest BCUT2D eigenvalue weighted by atomic mass is 10.1. The number of urea groups is 1. The van der Waals surface area contributed by atoms with E-state index >= 15 is 0 Å². The number of anilines is 1. The van der Waals surface area contributed by atoms with Crippen LogP contribution in [0.3, 0.4) is 0 Å². The molecule has 4 nitrogen and oxygen atoms in total. The van der Waals surface area contributed by atoms with Crippen LogP contribution < -0.4 is 4.90 Å². The fourth-order valence-corrected chi connectivity index (χ4v) is 2.61. The largest absolute Gasteiger partial charge is 0.330 e. The number of halogens is 2. The van der Waals surface area contributed by atoms with Crippen molar-refractivity contribution in [3.05, 3.63) is 28.2 Å². The zero-order valence-corrected chi connectivity index (χ0v) is 13.0. The summed E-state index contributed by atoms with van der Waals surface area (Å²) in [6.45, 7) is 5.21. The van der Waals surface area contributed by atoms with Crippen LogP contribution in [-0.4, -0.2) is 29.9 Å². The van der Waals surface area contributed by atoms with Crippen LogP contribution in [0.4, 0.5) is 10.5 Å². The van der Waals surface area contributed by atoms with Gasteiger partial charge in [0.25, 0.3) is 0 Å². The Hall–Kier alpha value is -1.26. The van der Waals surface area contributed by atoms with E-state index < -0.39 is 0 Å². The molecule has 2 amide bonds. The molecule has 1 aromatic carbocycles. The molecule has 1 fully saturated rings. The van der Waals surface area contributed by atoms with Gasteiger partial charge in [-0.25, -0.2) is 9.69 Å². The molecule has 0 atom stereocenters. The maximum absolute atomic E-state index is 12.4. The second kappa shape index (κ2) is 6.02. The van der Waals surface area contributed by atoms with Crippen molar-refractivity contribution >= 4 is 40.8 Å². The van der Waals surface area contributed by atoms with Gasteiger partial charge < -0.3 is 4.90 Å². The highest BCUT2D eigenvalue weighted by molar-refractivity contribution is 6.35. The van der Waals surface area contributed by atoms with E-state index in [1.165, 1.54) is 4.90 Å². The summed E-state index contributed by atoms with van der Waals surface area (Å²) in [7, 11) is 0. The zero-order valence-electron chi connectivity index (χ0n) is 11.5. The smallest absolute Gasteiger partial charge is 0.317 e. The number of benzene rings is 1. The molecule has 108 valence electrons. The maximum Gasteiger partial charge on any atom is 0.330 e. The first-order chi connectivity index (χ1) is 9.38. The van der Waals surface area contributed by atoms with Crippen molar-refractivity contribution in [2.75, 3.05) is 18.0 Å². The summed E-state index contributed by atoms with van der Waals surface area (Å²) in [6.07, 6.45) is 0.920. The minimum Gasteiger partial charge on any atom is -0.317 e. The summed E-state index contributed by atoms with van der Waals surface area (Å²) in [6, 6.07) is 4.71. The Labute approximate surface area is 128 Å². The van der Waals surface area contributed by atoms with Gasteiger partial charge in [0.2, 0.25) is 0 Å². The van der Waals surface area contributed by atoms with E-state index in [4.69, 9.17) is 28.6 Å². The van der Waals surface area contributed by atoms with Crippen molar-refractivity contribution in [2.24, 2.45) is 5.92 Å². The number of nitrogens with zero attached hydrogens (tertiary/aromatic N) is 2. The number of hydrogen-bond acceptors (Lipinski definition) is 2. The zero-order chi connectivity index (χ0) is 14.9. The Balaban J connectivity index is 2.20. The van der Waals surface area contributed by atoms with E-state index in [1.54, 1.807) is 23.1 Å². The molecule has 0 aromatic heterocycles. The molecule has 6 heteroatoms. The minimum atomic E-state index is -0.186. The van der Waals surface area contributed by atoms with Crippen molar-refractivity contribution in [1.82, 2.24) is 4.90 Å². The molecule has 1 heterocycles. The average Bonchev–Trinajstić information content (AvgIpc) is 2.60. The summed E-state index contributed by atoms with van der Waals surface area (Å²) in [4.78, 5) is 15.4. The highest BCUT2D eigenvalue weighted by Crippen LogP contribution is 2.28. The van der Waals surface area contributed by atoms with Gasteiger partial charge in [0, 0.05) is 16.6 Å². The predicted molar refractivity (Wildman–Crippen MR) is 83.1 cm³/mol. The third kappa shape index (κ3) is 3.25. The molecule has 0 radical (unpaired) electrons. The van der Waals surface area contributed by atoms with Crippen LogP contribution in [0.5, 0.6) is 0 Å². The van der Waals surface area contributed by atoms with Crippen LogP contribution in [-0.2, 0) is 0 Å².